The van der Waals surface area contributed by atoms with Crippen molar-refractivity contribution in [2.45, 2.75) is 43.5 Å². The molecule has 1 N–H and O–H groups in total. The number of esters is 1. The summed E-state index contributed by atoms with van der Waals surface area (Å²) >= 11 is 0. The summed E-state index contributed by atoms with van der Waals surface area (Å²) in [5.74, 6) is -1.29. The minimum absolute atomic E-state index is 0.0782. The summed E-state index contributed by atoms with van der Waals surface area (Å²) in [7, 11) is -3.58. The highest BCUT2D eigenvalue weighted by atomic mass is 32.2. The fraction of sp³-hybridized carbons (Fsp3) is 0.364. The van der Waals surface area contributed by atoms with E-state index in [2.05, 4.69) is 17.4 Å². The van der Waals surface area contributed by atoms with Crippen LogP contribution in [0, 0.1) is 0 Å². The van der Waals surface area contributed by atoms with E-state index in [0.717, 1.165) is 24.7 Å². The van der Waals surface area contributed by atoms with E-state index >= 15 is 0 Å². The van der Waals surface area contributed by atoms with Crippen molar-refractivity contribution < 1.29 is 22.7 Å². The third-order valence-corrected chi connectivity index (χ3v) is 6.25. The van der Waals surface area contributed by atoms with Crippen molar-refractivity contribution >= 4 is 21.7 Å². The molecule has 1 atom stereocenters. The molecule has 0 saturated heterocycles. The fourth-order valence-electron chi connectivity index (χ4n) is 3.56. The van der Waals surface area contributed by atoms with Gasteiger partial charge in [-0.25, -0.2) is 13.2 Å². The summed E-state index contributed by atoms with van der Waals surface area (Å²) in [6, 6.07) is 11.8. The molecule has 0 fully saturated rings. The second-order valence-corrected chi connectivity index (χ2v) is 9.35. The van der Waals surface area contributed by atoms with Gasteiger partial charge in [-0.05, 0) is 61.4 Å². The Hall–Kier alpha value is -2.67. The molecule has 1 aliphatic rings. The van der Waals surface area contributed by atoms with E-state index in [-0.39, 0.29) is 16.5 Å². The maximum atomic E-state index is 12.3. The van der Waals surface area contributed by atoms with Crippen molar-refractivity contribution in [2.75, 3.05) is 12.9 Å². The van der Waals surface area contributed by atoms with E-state index < -0.39 is 28.3 Å². The van der Waals surface area contributed by atoms with Crippen LogP contribution in [0.15, 0.2) is 47.4 Å². The number of ether oxygens (including phenoxy) is 1. The molecule has 3 rings (SSSR count). The van der Waals surface area contributed by atoms with Gasteiger partial charge in [0.25, 0.3) is 5.91 Å². The minimum atomic E-state index is -3.58. The van der Waals surface area contributed by atoms with Gasteiger partial charge < -0.3 is 10.1 Å². The van der Waals surface area contributed by atoms with E-state index in [4.69, 9.17) is 4.74 Å². The number of nitrogens with one attached hydrogen (secondary N) is 1. The van der Waals surface area contributed by atoms with Crippen LogP contribution in [0.3, 0.4) is 0 Å². The van der Waals surface area contributed by atoms with E-state index in [0.29, 0.717) is 0 Å². The highest BCUT2D eigenvalue weighted by Gasteiger charge is 2.20. The molecular formula is C22H25NO5S. The molecule has 0 heterocycles. The maximum absolute atomic E-state index is 12.3. The lowest BCUT2D eigenvalue weighted by Crippen LogP contribution is -2.31. The number of amides is 1. The lowest BCUT2D eigenvalue weighted by molar-refractivity contribution is -0.124. The summed E-state index contributed by atoms with van der Waals surface area (Å²) in [4.78, 5) is 24.4. The van der Waals surface area contributed by atoms with Crippen LogP contribution in [-0.2, 0) is 32.2 Å². The number of fused-ring (bicyclic) bond motifs is 1. The molecule has 0 bridgehead atoms. The smallest absolute Gasteiger partial charge is 0.339 e. The molecule has 2 aromatic carbocycles. The van der Waals surface area contributed by atoms with E-state index in [1.165, 1.54) is 42.2 Å². The second-order valence-electron chi connectivity index (χ2n) is 7.37. The summed E-state index contributed by atoms with van der Waals surface area (Å²) in [5.41, 5.74) is 3.63. The zero-order valence-corrected chi connectivity index (χ0v) is 17.4. The van der Waals surface area contributed by atoms with Crippen molar-refractivity contribution in [1.82, 2.24) is 5.32 Å². The van der Waals surface area contributed by atoms with Crippen LogP contribution < -0.4 is 5.32 Å². The molecule has 6 nitrogen and oxygen atoms in total. The van der Waals surface area contributed by atoms with Gasteiger partial charge in [0.15, 0.2) is 16.4 Å². The Morgan fingerprint density at radius 3 is 2.48 bits per heavy atom. The topological polar surface area (TPSA) is 89.5 Å². The summed E-state index contributed by atoms with van der Waals surface area (Å²) in [5, 5.41) is 2.82. The highest BCUT2D eigenvalue weighted by molar-refractivity contribution is 7.90. The van der Waals surface area contributed by atoms with Crippen molar-refractivity contribution in [3.05, 3.63) is 64.7 Å². The number of rotatable bonds is 6. The molecule has 0 aromatic heterocycles. The molecule has 1 amide bonds. The quantitative estimate of drug-likeness (QED) is 0.733. The molecule has 0 unspecified atom stereocenters. The summed E-state index contributed by atoms with van der Waals surface area (Å²) in [6.45, 7) is 1.40. The van der Waals surface area contributed by atoms with Crippen molar-refractivity contribution in [3.63, 3.8) is 0 Å². The van der Waals surface area contributed by atoms with Crippen LogP contribution in [-0.4, -0.2) is 33.2 Å². The van der Waals surface area contributed by atoms with E-state index in [1.54, 1.807) is 6.07 Å². The first-order valence-corrected chi connectivity index (χ1v) is 11.5. The van der Waals surface area contributed by atoms with Gasteiger partial charge in [-0.15, -0.1) is 0 Å². The first-order valence-electron chi connectivity index (χ1n) is 9.63. The Labute approximate surface area is 171 Å². The number of hydrogen-bond donors (Lipinski definition) is 1. The van der Waals surface area contributed by atoms with Crippen LogP contribution in [0.2, 0.25) is 0 Å². The van der Waals surface area contributed by atoms with Crippen molar-refractivity contribution in [3.8, 4) is 0 Å². The third kappa shape index (κ3) is 5.23. The predicted molar refractivity (Wildman–Crippen MR) is 109 cm³/mol. The van der Waals surface area contributed by atoms with Gasteiger partial charge in [-0.1, -0.05) is 30.3 Å². The maximum Gasteiger partial charge on any atom is 0.339 e. The lowest BCUT2D eigenvalue weighted by Gasteiger charge is -2.20. The number of carbonyl (C=O) groups excluding carboxylic acids is 2. The van der Waals surface area contributed by atoms with Crippen LogP contribution in [0.25, 0.3) is 0 Å². The molecule has 0 spiro atoms. The Morgan fingerprint density at radius 1 is 1.07 bits per heavy atom. The Bertz CT molecular complexity index is 1030. The number of hydrogen-bond acceptors (Lipinski definition) is 5. The Morgan fingerprint density at radius 2 is 1.76 bits per heavy atom. The van der Waals surface area contributed by atoms with Gasteiger partial charge in [-0.2, -0.15) is 0 Å². The van der Waals surface area contributed by atoms with E-state index in [1.807, 2.05) is 13.0 Å². The van der Waals surface area contributed by atoms with Gasteiger partial charge in [0.1, 0.15) is 0 Å². The highest BCUT2D eigenvalue weighted by Crippen LogP contribution is 2.24. The SMILES string of the molecule is C[C@@H](NC(=O)COC(=O)c1ccccc1S(C)(=O)=O)c1ccc2c(c1)CCCC2. The molecule has 0 radical (unpaired) electrons. The average molecular weight is 416 g/mol. The molecule has 29 heavy (non-hydrogen) atoms. The van der Waals surface area contributed by atoms with Gasteiger partial charge >= 0.3 is 5.97 Å². The van der Waals surface area contributed by atoms with Crippen LogP contribution in [0.1, 0.15) is 52.9 Å². The van der Waals surface area contributed by atoms with Crippen LogP contribution in [0.4, 0.5) is 0 Å². The van der Waals surface area contributed by atoms with Crippen molar-refractivity contribution in [1.29, 1.82) is 0 Å². The number of carbonyl (C=O) groups is 2. The summed E-state index contributed by atoms with van der Waals surface area (Å²) in [6.07, 6.45) is 5.57. The number of aryl methyl sites for hydroxylation is 2. The van der Waals surface area contributed by atoms with Gasteiger partial charge in [0, 0.05) is 6.26 Å². The number of benzene rings is 2. The Kier molecular flexibility index (Phi) is 6.37. The van der Waals surface area contributed by atoms with Crippen LogP contribution >= 0.6 is 0 Å². The second kappa shape index (κ2) is 8.78. The standard InChI is InChI=1S/C22H25NO5S/c1-15(17-12-11-16-7-3-4-8-18(16)13-17)23-21(24)14-28-22(25)19-9-5-6-10-20(19)29(2,26)27/h5-6,9-13,15H,3-4,7-8,14H2,1-2H3,(H,23,24)/t15-/m1/s1. The minimum Gasteiger partial charge on any atom is -0.452 e. The molecule has 0 saturated carbocycles. The van der Waals surface area contributed by atoms with Gasteiger partial charge in [0.05, 0.1) is 16.5 Å². The molecule has 1 aliphatic carbocycles. The average Bonchev–Trinajstić information content (AvgIpc) is 2.71. The summed E-state index contributed by atoms with van der Waals surface area (Å²) < 4.78 is 28.7. The van der Waals surface area contributed by atoms with E-state index in [9.17, 15) is 18.0 Å². The molecule has 2 aromatic rings. The monoisotopic (exact) mass is 415 g/mol. The largest absolute Gasteiger partial charge is 0.452 e. The third-order valence-electron chi connectivity index (χ3n) is 5.09. The zero-order valence-electron chi connectivity index (χ0n) is 16.6. The molecule has 154 valence electrons. The molecule has 7 heteroatoms. The fourth-order valence-corrected chi connectivity index (χ4v) is 4.43. The Balaban J connectivity index is 1.60. The van der Waals surface area contributed by atoms with Crippen molar-refractivity contribution in [2.24, 2.45) is 0 Å². The van der Waals surface area contributed by atoms with Gasteiger partial charge in [-0.3, -0.25) is 4.79 Å². The van der Waals surface area contributed by atoms with Gasteiger partial charge in [0.2, 0.25) is 0 Å². The molecular weight excluding hydrogens is 390 g/mol. The predicted octanol–water partition coefficient (Wildman–Crippen LogP) is 3.00. The molecule has 0 aliphatic heterocycles. The van der Waals surface area contributed by atoms with Crippen LogP contribution in [0.5, 0.6) is 0 Å². The first kappa shape index (κ1) is 21.0. The first-order chi connectivity index (χ1) is 13.8. The normalized spacial score (nSPS) is 14.6. The number of sulfone groups is 1. The zero-order chi connectivity index (χ0) is 21.0. The lowest BCUT2D eigenvalue weighted by atomic mass is 9.89.